The number of esters is 1. The number of aromatic amines is 1. The van der Waals surface area contributed by atoms with E-state index in [4.69, 9.17) is 9.84 Å². The SMILES string of the molecule is CC(=O)OC[C@H](CO)OCn1cc(C)c(=O)[nH]c1=O. The minimum atomic E-state index is -0.733. The number of H-pyrrole nitrogens is 1. The van der Waals surface area contributed by atoms with Gasteiger partial charge in [-0.15, -0.1) is 0 Å². The highest BCUT2D eigenvalue weighted by atomic mass is 16.6. The van der Waals surface area contributed by atoms with Gasteiger partial charge in [-0.05, 0) is 6.92 Å². The fourth-order valence-electron chi connectivity index (χ4n) is 1.26. The van der Waals surface area contributed by atoms with Gasteiger partial charge in [-0.3, -0.25) is 19.1 Å². The summed E-state index contributed by atoms with van der Waals surface area (Å²) in [7, 11) is 0. The van der Waals surface area contributed by atoms with Crippen LogP contribution in [0, 0.1) is 6.92 Å². The van der Waals surface area contributed by atoms with Gasteiger partial charge in [0, 0.05) is 18.7 Å². The van der Waals surface area contributed by atoms with E-state index in [0.717, 1.165) is 4.57 Å². The highest BCUT2D eigenvalue weighted by Crippen LogP contribution is 1.95. The van der Waals surface area contributed by atoms with E-state index >= 15 is 0 Å². The second-order valence-electron chi connectivity index (χ2n) is 3.94. The molecule has 0 fully saturated rings. The number of ether oxygens (including phenoxy) is 2. The van der Waals surface area contributed by atoms with Crippen molar-refractivity contribution in [2.24, 2.45) is 0 Å². The topological polar surface area (TPSA) is 111 Å². The smallest absolute Gasteiger partial charge is 0.330 e. The lowest BCUT2D eigenvalue weighted by Crippen LogP contribution is -2.34. The summed E-state index contributed by atoms with van der Waals surface area (Å²) in [6, 6.07) is 0. The number of aliphatic hydroxyl groups is 1. The first-order chi connectivity index (χ1) is 8.93. The van der Waals surface area contributed by atoms with Crippen molar-refractivity contribution >= 4 is 5.97 Å². The zero-order valence-corrected chi connectivity index (χ0v) is 10.7. The van der Waals surface area contributed by atoms with E-state index in [9.17, 15) is 14.4 Å². The molecule has 0 radical (unpaired) electrons. The molecule has 0 aromatic carbocycles. The number of hydrogen-bond acceptors (Lipinski definition) is 6. The number of carbonyl (C=O) groups excluding carboxylic acids is 1. The average Bonchev–Trinajstić information content (AvgIpc) is 2.35. The summed E-state index contributed by atoms with van der Waals surface area (Å²) in [4.78, 5) is 35.3. The maximum Gasteiger partial charge on any atom is 0.330 e. The average molecular weight is 272 g/mol. The van der Waals surface area contributed by atoms with Crippen molar-refractivity contribution in [2.75, 3.05) is 13.2 Å². The van der Waals surface area contributed by atoms with Gasteiger partial charge < -0.3 is 14.6 Å². The van der Waals surface area contributed by atoms with Crippen molar-refractivity contribution in [3.63, 3.8) is 0 Å². The van der Waals surface area contributed by atoms with Crippen LogP contribution < -0.4 is 11.2 Å². The Morgan fingerprint density at radius 3 is 2.79 bits per heavy atom. The van der Waals surface area contributed by atoms with Crippen molar-refractivity contribution in [2.45, 2.75) is 26.7 Å². The van der Waals surface area contributed by atoms with Crippen molar-refractivity contribution in [1.29, 1.82) is 0 Å². The fourth-order valence-corrected chi connectivity index (χ4v) is 1.26. The maximum absolute atomic E-state index is 11.4. The van der Waals surface area contributed by atoms with Gasteiger partial charge in [-0.2, -0.15) is 0 Å². The molecule has 2 N–H and O–H groups in total. The summed E-state index contributed by atoms with van der Waals surface area (Å²) >= 11 is 0. The van der Waals surface area contributed by atoms with Crippen LogP contribution in [-0.2, 0) is 21.0 Å². The van der Waals surface area contributed by atoms with E-state index in [1.807, 2.05) is 0 Å². The Labute approximate surface area is 108 Å². The minimum absolute atomic E-state index is 0.108. The molecule has 0 aliphatic rings. The lowest BCUT2D eigenvalue weighted by atomic mass is 10.4. The van der Waals surface area contributed by atoms with Gasteiger partial charge in [0.25, 0.3) is 5.56 Å². The van der Waals surface area contributed by atoms with E-state index < -0.39 is 23.3 Å². The standard InChI is InChI=1S/C11H16N2O6/c1-7-3-13(11(17)12-10(7)16)6-19-9(4-14)5-18-8(2)15/h3,9,14H,4-6H2,1-2H3,(H,12,16,17)/t9-/m0/s1. The fraction of sp³-hybridized carbons (Fsp3) is 0.545. The molecule has 0 aliphatic heterocycles. The summed E-state index contributed by atoms with van der Waals surface area (Å²) in [6.07, 6.45) is 0.615. The zero-order valence-electron chi connectivity index (χ0n) is 10.7. The monoisotopic (exact) mass is 272 g/mol. The molecule has 1 atom stereocenters. The van der Waals surface area contributed by atoms with Crippen LogP contribution in [0.3, 0.4) is 0 Å². The first kappa shape index (κ1) is 15.1. The molecule has 0 saturated carbocycles. The first-order valence-electron chi connectivity index (χ1n) is 5.60. The number of nitrogens with zero attached hydrogens (tertiary/aromatic N) is 1. The number of carbonyl (C=O) groups is 1. The zero-order chi connectivity index (χ0) is 14.4. The summed E-state index contributed by atoms with van der Waals surface area (Å²) in [5.74, 6) is -0.487. The molecule has 106 valence electrons. The molecule has 0 bridgehead atoms. The molecule has 19 heavy (non-hydrogen) atoms. The Balaban J connectivity index is 2.64. The molecule has 1 heterocycles. The molecule has 1 aromatic heterocycles. The number of rotatable bonds is 6. The van der Waals surface area contributed by atoms with Crippen LogP contribution in [0.2, 0.25) is 0 Å². The van der Waals surface area contributed by atoms with Crippen LogP contribution in [0.25, 0.3) is 0 Å². The highest BCUT2D eigenvalue weighted by molar-refractivity contribution is 5.65. The van der Waals surface area contributed by atoms with Gasteiger partial charge in [-0.1, -0.05) is 0 Å². The van der Waals surface area contributed by atoms with E-state index in [1.165, 1.54) is 13.1 Å². The lowest BCUT2D eigenvalue weighted by molar-refractivity contribution is -0.147. The minimum Gasteiger partial charge on any atom is -0.463 e. The van der Waals surface area contributed by atoms with E-state index in [-0.39, 0.29) is 19.9 Å². The van der Waals surface area contributed by atoms with Crippen molar-refractivity contribution < 1.29 is 19.4 Å². The predicted molar refractivity (Wildman–Crippen MR) is 64.7 cm³/mol. The lowest BCUT2D eigenvalue weighted by Gasteiger charge is -2.15. The van der Waals surface area contributed by atoms with Gasteiger partial charge in [0.2, 0.25) is 0 Å². The normalized spacial score (nSPS) is 12.2. The summed E-state index contributed by atoms with van der Waals surface area (Å²) in [5.41, 5.74) is -0.705. The Morgan fingerprint density at radius 2 is 2.21 bits per heavy atom. The molecular formula is C11H16N2O6. The summed E-state index contributed by atoms with van der Waals surface area (Å²) < 4.78 is 11.1. The van der Waals surface area contributed by atoms with E-state index in [1.54, 1.807) is 6.92 Å². The largest absolute Gasteiger partial charge is 0.463 e. The van der Waals surface area contributed by atoms with Gasteiger partial charge >= 0.3 is 11.7 Å². The number of aliphatic hydroxyl groups excluding tert-OH is 1. The third-order valence-corrected chi connectivity index (χ3v) is 2.31. The molecule has 0 aliphatic carbocycles. The third kappa shape index (κ3) is 4.68. The number of nitrogens with one attached hydrogen (secondary N) is 1. The molecule has 8 heteroatoms. The Hall–Kier alpha value is -1.93. The first-order valence-corrected chi connectivity index (χ1v) is 5.60. The van der Waals surface area contributed by atoms with E-state index in [0.29, 0.717) is 5.56 Å². The van der Waals surface area contributed by atoms with Gasteiger partial charge in [0.15, 0.2) is 0 Å². The van der Waals surface area contributed by atoms with Crippen LogP contribution >= 0.6 is 0 Å². The number of hydrogen-bond donors (Lipinski definition) is 2. The second kappa shape index (κ2) is 6.86. The van der Waals surface area contributed by atoms with Crippen LogP contribution in [0.1, 0.15) is 12.5 Å². The maximum atomic E-state index is 11.4. The van der Waals surface area contributed by atoms with Crippen molar-refractivity contribution in [3.8, 4) is 0 Å². The van der Waals surface area contributed by atoms with Crippen LogP contribution in [0.15, 0.2) is 15.8 Å². The molecule has 0 amide bonds. The molecule has 0 unspecified atom stereocenters. The molecule has 8 nitrogen and oxygen atoms in total. The van der Waals surface area contributed by atoms with Crippen LogP contribution in [-0.4, -0.2) is 39.9 Å². The quantitative estimate of drug-likeness (QED) is 0.626. The Kier molecular flexibility index (Phi) is 5.46. The summed E-state index contributed by atoms with van der Waals surface area (Å²) in [5, 5.41) is 9.02. The molecular weight excluding hydrogens is 256 g/mol. The molecule has 0 saturated heterocycles. The Bertz CT molecular complexity index is 547. The van der Waals surface area contributed by atoms with Gasteiger partial charge in [0.05, 0.1) is 6.61 Å². The Morgan fingerprint density at radius 1 is 1.53 bits per heavy atom. The van der Waals surface area contributed by atoms with Crippen molar-refractivity contribution in [1.82, 2.24) is 9.55 Å². The number of aromatic nitrogens is 2. The highest BCUT2D eigenvalue weighted by Gasteiger charge is 2.11. The predicted octanol–water partition coefficient (Wildman–Crippen LogP) is -1.26. The van der Waals surface area contributed by atoms with Crippen molar-refractivity contribution in [3.05, 3.63) is 32.6 Å². The molecule has 0 spiro atoms. The summed E-state index contributed by atoms with van der Waals surface area (Å²) in [6.45, 7) is 2.16. The van der Waals surface area contributed by atoms with Gasteiger partial charge in [-0.25, -0.2) is 4.79 Å². The molecule has 1 aromatic rings. The second-order valence-corrected chi connectivity index (χ2v) is 3.94. The van der Waals surface area contributed by atoms with Gasteiger partial charge in [0.1, 0.15) is 19.4 Å². The van der Waals surface area contributed by atoms with E-state index in [2.05, 4.69) is 9.72 Å². The number of aryl methyl sites for hydroxylation is 1. The third-order valence-electron chi connectivity index (χ3n) is 2.31. The van der Waals surface area contributed by atoms with Crippen LogP contribution in [0.4, 0.5) is 0 Å². The molecule has 1 rings (SSSR count). The van der Waals surface area contributed by atoms with Crippen LogP contribution in [0.5, 0.6) is 0 Å².